The van der Waals surface area contributed by atoms with E-state index in [2.05, 4.69) is 20.6 Å². The Morgan fingerprint density at radius 1 is 1.16 bits per heavy atom. The average molecular weight is 608 g/mol. The fourth-order valence-electron chi connectivity index (χ4n) is 4.60. The SMILES string of the molecule is COc1cc(NC2CN(CCF)C2)ccc1Nc1nc(Oc2cccc([N+](=O)[O-])c2)c2ccn(COC(=O)C(C)(C)C)c2n1. The lowest BCUT2D eigenvalue weighted by Crippen LogP contribution is -2.55. The minimum atomic E-state index is -0.690. The first-order valence-electron chi connectivity index (χ1n) is 14.0. The molecule has 14 heteroatoms. The van der Waals surface area contributed by atoms with Crippen molar-refractivity contribution < 1.29 is 28.3 Å². The lowest BCUT2D eigenvalue weighted by atomic mass is 9.98. The van der Waals surface area contributed by atoms with E-state index in [1.54, 1.807) is 50.8 Å². The van der Waals surface area contributed by atoms with Gasteiger partial charge in [-0.3, -0.25) is 24.4 Å². The molecule has 0 bridgehead atoms. The number of nitrogens with zero attached hydrogens (tertiary/aromatic N) is 5. The zero-order valence-corrected chi connectivity index (χ0v) is 24.9. The second-order valence-electron chi connectivity index (χ2n) is 11.4. The van der Waals surface area contributed by atoms with Crippen LogP contribution in [0.3, 0.4) is 0 Å². The summed E-state index contributed by atoms with van der Waals surface area (Å²) >= 11 is 0. The van der Waals surface area contributed by atoms with Crippen molar-refractivity contribution in [3.63, 3.8) is 0 Å². The summed E-state index contributed by atoms with van der Waals surface area (Å²) in [6, 6.07) is 13.2. The van der Waals surface area contributed by atoms with E-state index >= 15 is 0 Å². The average Bonchev–Trinajstić information content (AvgIpc) is 3.38. The molecule has 4 aromatic rings. The Kier molecular flexibility index (Phi) is 8.81. The van der Waals surface area contributed by atoms with Gasteiger partial charge in [-0.25, -0.2) is 4.39 Å². The van der Waals surface area contributed by atoms with Crippen molar-refractivity contribution in [2.24, 2.45) is 5.41 Å². The molecule has 13 nitrogen and oxygen atoms in total. The molecule has 3 heterocycles. The number of aromatic nitrogens is 3. The number of esters is 1. The summed E-state index contributed by atoms with van der Waals surface area (Å²) in [6.07, 6.45) is 1.69. The van der Waals surface area contributed by atoms with Crippen LogP contribution in [-0.2, 0) is 16.3 Å². The third-order valence-corrected chi connectivity index (χ3v) is 6.95. The molecule has 0 spiro atoms. The monoisotopic (exact) mass is 607 g/mol. The standard InChI is InChI=1S/C30H34FN7O6/c1-30(2,3)28(39)43-18-37-12-10-23-26(37)34-29(35-27(23)44-22-7-5-6-21(15-22)38(40)41)33-24-9-8-19(14-25(24)42-4)32-20-16-36(17-20)13-11-31/h5-10,12,14-15,20,32H,11,13,16-18H2,1-4H3,(H,33,34,35). The fourth-order valence-corrected chi connectivity index (χ4v) is 4.60. The van der Waals surface area contributed by atoms with Gasteiger partial charge in [0.2, 0.25) is 11.8 Å². The summed E-state index contributed by atoms with van der Waals surface area (Å²) < 4.78 is 31.4. The van der Waals surface area contributed by atoms with Crippen LogP contribution >= 0.6 is 0 Å². The minimum absolute atomic E-state index is 0.0973. The number of non-ortho nitro benzene ring substituents is 1. The van der Waals surface area contributed by atoms with E-state index in [1.165, 1.54) is 18.2 Å². The molecular weight excluding hydrogens is 573 g/mol. The Balaban J connectivity index is 1.44. The summed E-state index contributed by atoms with van der Waals surface area (Å²) in [5, 5.41) is 18.4. The number of hydrogen-bond donors (Lipinski definition) is 2. The van der Waals surface area contributed by atoms with Gasteiger partial charge < -0.3 is 24.8 Å². The number of fused-ring (bicyclic) bond motifs is 1. The number of nitro groups is 1. The molecular formula is C30H34FN7O6. The maximum atomic E-state index is 12.6. The number of carbonyl (C=O) groups excluding carboxylic acids is 1. The summed E-state index contributed by atoms with van der Waals surface area (Å²) in [5.74, 6) is 0.648. The van der Waals surface area contributed by atoms with E-state index in [-0.39, 0.29) is 48.7 Å². The Bertz CT molecular complexity index is 1670. The number of alkyl halides is 1. The molecule has 1 aliphatic heterocycles. The fraction of sp³-hybridized carbons (Fsp3) is 0.367. The Hall–Kier alpha value is -4.98. The number of nitro benzene ring substituents is 1. The van der Waals surface area contributed by atoms with Crippen LogP contribution in [0.2, 0.25) is 0 Å². The molecule has 2 aromatic heterocycles. The molecule has 5 rings (SSSR count). The highest BCUT2D eigenvalue weighted by molar-refractivity contribution is 5.84. The Morgan fingerprint density at radius 2 is 1.95 bits per heavy atom. The highest BCUT2D eigenvalue weighted by atomic mass is 19.1. The molecule has 0 atom stereocenters. The van der Waals surface area contributed by atoms with Crippen LogP contribution in [0.5, 0.6) is 17.4 Å². The molecule has 0 amide bonds. The first kappa shape index (κ1) is 30.5. The van der Waals surface area contributed by atoms with Gasteiger partial charge in [-0.2, -0.15) is 9.97 Å². The maximum Gasteiger partial charge on any atom is 0.312 e. The van der Waals surface area contributed by atoms with Crippen LogP contribution in [0.4, 0.5) is 27.4 Å². The number of benzene rings is 2. The van der Waals surface area contributed by atoms with Gasteiger partial charge in [0.15, 0.2) is 12.4 Å². The number of ether oxygens (including phenoxy) is 3. The smallest absolute Gasteiger partial charge is 0.312 e. The van der Waals surface area contributed by atoms with Gasteiger partial charge in [0.1, 0.15) is 18.2 Å². The van der Waals surface area contributed by atoms with Crippen molar-refractivity contribution in [2.45, 2.75) is 33.5 Å². The number of rotatable bonds is 12. The summed E-state index contributed by atoms with van der Waals surface area (Å²) in [6.45, 7) is 6.79. The molecule has 0 aliphatic carbocycles. The number of carbonyl (C=O) groups is 1. The first-order chi connectivity index (χ1) is 21.0. The summed E-state index contributed by atoms with van der Waals surface area (Å²) in [4.78, 5) is 34.5. The molecule has 0 saturated carbocycles. The predicted molar refractivity (Wildman–Crippen MR) is 162 cm³/mol. The summed E-state index contributed by atoms with van der Waals surface area (Å²) in [7, 11) is 1.55. The highest BCUT2D eigenvalue weighted by Crippen LogP contribution is 2.34. The molecule has 2 aromatic carbocycles. The third-order valence-electron chi connectivity index (χ3n) is 6.95. The molecule has 232 valence electrons. The molecule has 0 radical (unpaired) electrons. The van der Waals surface area contributed by atoms with E-state index in [0.717, 1.165) is 18.8 Å². The van der Waals surface area contributed by atoms with Crippen LogP contribution < -0.4 is 20.1 Å². The second-order valence-corrected chi connectivity index (χ2v) is 11.4. The van der Waals surface area contributed by atoms with Crippen LogP contribution in [0.1, 0.15) is 20.8 Å². The van der Waals surface area contributed by atoms with Crippen molar-refractivity contribution >= 4 is 40.0 Å². The van der Waals surface area contributed by atoms with Crippen molar-refractivity contribution in [1.29, 1.82) is 0 Å². The molecule has 0 unspecified atom stereocenters. The van der Waals surface area contributed by atoms with E-state index < -0.39 is 10.3 Å². The van der Waals surface area contributed by atoms with Gasteiger partial charge in [-0.05, 0) is 45.0 Å². The Labute approximate surface area is 253 Å². The van der Waals surface area contributed by atoms with Gasteiger partial charge in [0, 0.05) is 43.7 Å². The number of anilines is 3. The zero-order chi connectivity index (χ0) is 31.4. The van der Waals surface area contributed by atoms with E-state index in [0.29, 0.717) is 29.0 Å². The number of nitrogens with one attached hydrogen (secondary N) is 2. The van der Waals surface area contributed by atoms with Crippen molar-refractivity contribution in [3.05, 3.63) is 64.8 Å². The molecule has 44 heavy (non-hydrogen) atoms. The van der Waals surface area contributed by atoms with Gasteiger partial charge in [-0.1, -0.05) is 6.07 Å². The summed E-state index contributed by atoms with van der Waals surface area (Å²) in [5.41, 5.74) is 1.00. The first-order valence-corrected chi connectivity index (χ1v) is 14.0. The minimum Gasteiger partial charge on any atom is -0.494 e. The molecule has 1 fully saturated rings. The zero-order valence-electron chi connectivity index (χ0n) is 24.9. The van der Waals surface area contributed by atoms with Crippen molar-refractivity contribution in [1.82, 2.24) is 19.4 Å². The van der Waals surface area contributed by atoms with Crippen molar-refractivity contribution in [3.8, 4) is 17.4 Å². The predicted octanol–water partition coefficient (Wildman–Crippen LogP) is 5.50. The van der Waals surface area contributed by atoms with Gasteiger partial charge in [0.05, 0.1) is 40.6 Å². The van der Waals surface area contributed by atoms with Gasteiger partial charge in [0.25, 0.3) is 5.69 Å². The van der Waals surface area contributed by atoms with E-state index in [4.69, 9.17) is 14.2 Å². The lowest BCUT2D eigenvalue weighted by Gasteiger charge is -2.39. The number of likely N-dealkylation sites (tertiary alicyclic amines) is 1. The number of methoxy groups -OCH3 is 1. The normalized spacial score (nSPS) is 13.8. The highest BCUT2D eigenvalue weighted by Gasteiger charge is 2.26. The molecule has 2 N–H and O–H groups in total. The van der Waals surface area contributed by atoms with Gasteiger partial charge >= 0.3 is 5.97 Å². The van der Waals surface area contributed by atoms with E-state index in [1.807, 2.05) is 23.1 Å². The second kappa shape index (κ2) is 12.7. The molecule has 1 aliphatic rings. The maximum absolute atomic E-state index is 12.6. The van der Waals surface area contributed by atoms with Crippen LogP contribution in [0, 0.1) is 15.5 Å². The van der Waals surface area contributed by atoms with Crippen LogP contribution in [-0.4, -0.2) is 69.8 Å². The Morgan fingerprint density at radius 3 is 2.66 bits per heavy atom. The number of hydrogen-bond acceptors (Lipinski definition) is 11. The third kappa shape index (κ3) is 6.97. The topological polar surface area (TPSA) is 146 Å². The number of halogens is 1. The lowest BCUT2D eigenvalue weighted by molar-refractivity contribution is -0.384. The van der Waals surface area contributed by atoms with Gasteiger partial charge in [-0.15, -0.1) is 0 Å². The van der Waals surface area contributed by atoms with Crippen molar-refractivity contribution in [2.75, 3.05) is 44.1 Å². The largest absolute Gasteiger partial charge is 0.494 e. The van der Waals surface area contributed by atoms with E-state index in [9.17, 15) is 19.3 Å². The molecule has 1 saturated heterocycles. The van der Waals surface area contributed by atoms with Crippen LogP contribution in [0.25, 0.3) is 11.0 Å². The van der Waals surface area contributed by atoms with Crippen LogP contribution in [0.15, 0.2) is 54.7 Å². The quantitative estimate of drug-likeness (QED) is 0.120.